The number of carboxylic acids is 1. The van der Waals surface area contributed by atoms with E-state index in [9.17, 15) is 15.0 Å². The number of hydrogen-bond donors (Lipinski definition) is 4. The van der Waals surface area contributed by atoms with E-state index >= 15 is 0 Å². The second-order valence-corrected chi connectivity index (χ2v) is 9.01. The van der Waals surface area contributed by atoms with E-state index in [-0.39, 0.29) is 18.0 Å². The van der Waals surface area contributed by atoms with Gasteiger partial charge in [0, 0.05) is 12.1 Å². The van der Waals surface area contributed by atoms with Crippen LogP contribution in [0.25, 0.3) is 0 Å². The number of rotatable bonds is 17. The number of carboxylic acid groups (broad SMARTS) is 1. The van der Waals surface area contributed by atoms with Crippen molar-refractivity contribution in [1.29, 1.82) is 0 Å². The van der Waals surface area contributed by atoms with E-state index in [2.05, 4.69) is 6.92 Å². The summed E-state index contributed by atoms with van der Waals surface area (Å²) in [5, 5.41) is 20.2. The molecular formula is C22H46N2O3. The minimum atomic E-state index is -0.848. The van der Waals surface area contributed by atoms with Crippen LogP contribution in [0.15, 0.2) is 0 Å². The first-order valence-corrected chi connectivity index (χ1v) is 11.1. The number of aliphatic carboxylic acids is 1. The highest BCUT2D eigenvalue weighted by atomic mass is 16.4. The van der Waals surface area contributed by atoms with Crippen LogP contribution < -0.4 is 11.5 Å². The fourth-order valence-corrected chi connectivity index (χ4v) is 3.62. The first-order chi connectivity index (χ1) is 12.6. The molecule has 0 aromatic carbocycles. The van der Waals surface area contributed by atoms with Crippen molar-refractivity contribution in [1.82, 2.24) is 0 Å². The maximum Gasteiger partial charge on any atom is 0.309 e. The number of aliphatic hydroxyl groups is 1. The molecule has 0 aromatic rings. The quantitative estimate of drug-likeness (QED) is 0.276. The summed E-state index contributed by atoms with van der Waals surface area (Å²) in [6, 6.07) is -0.0982. The SMILES string of the molecule is CCCCCCCCC(CC(O)C(N)CCCCC(C)N)C(C)(C)C(=O)O. The predicted molar refractivity (Wildman–Crippen MR) is 114 cm³/mol. The summed E-state index contributed by atoms with van der Waals surface area (Å²) in [4.78, 5) is 11.7. The van der Waals surface area contributed by atoms with Crippen molar-refractivity contribution in [3.05, 3.63) is 0 Å². The van der Waals surface area contributed by atoms with E-state index in [0.717, 1.165) is 44.9 Å². The number of carbonyl (C=O) groups is 1. The predicted octanol–water partition coefficient (Wildman–Crippen LogP) is 4.45. The summed E-state index contributed by atoms with van der Waals surface area (Å²) in [5.41, 5.74) is 11.1. The lowest BCUT2D eigenvalue weighted by molar-refractivity contribution is -0.151. The topological polar surface area (TPSA) is 110 Å². The van der Waals surface area contributed by atoms with E-state index in [1.165, 1.54) is 25.7 Å². The van der Waals surface area contributed by atoms with Crippen LogP contribution in [0.3, 0.4) is 0 Å². The molecule has 4 atom stereocenters. The average Bonchev–Trinajstić information content (AvgIpc) is 2.59. The molecule has 6 N–H and O–H groups in total. The average molecular weight is 387 g/mol. The smallest absolute Gasteiger partial charge is 0.309 e. The van der Waals surface area contributed by atoms with E-state index in [1.807, 2.05) is 6.92 Å². The molecule has 0 amide bonds. The lowest BCUT2D eigenvalue weighted by atomic mass is 9.72. The van der Waals surface area contributed by atoms with Crippen molar-refractivity contribution < 1.29 is 15.0 Å². The Labute approximate surface area is 167 Å². The Morgan fingerprint density at radius 2 is 1.44 bits per heavy atom. The molecule has 27 heavy (non-hydrogen) atoms. The number of unbranched alkanes of at least 4 members (excludes halogenated alkanes) is 6. The van der Waals surface area contributed by atoms with E-state index in [0.29, 0.717) is 6.42 Å². The zero-order valence-corrected chi connectivity index (χ0v) is 18.3. The van der Waals surface area contributed by atoms with Gasteiger partial charge in [0.25, 0.3) is 0 Å². The Kier molecular flexibility index (Phi) is 14.0. The van der Waals surface area contributed by atoms with Crippen molar-refractivity contribution in [3.63, 3.8) is 0 Å². The molecule has 0 rings (SSSR count). The van der Waals surface area contributed by atoms with Crippen molar-refractivity contribution in [2.45, 2.75) is 123 Å². The molecule has 0 aromatic heterocycles. The Morgan fingerprint density at radius 3 is 2.00 bits per heavy atom. The molecule has 0 saturated carbocycles. The van der Waals surface area contributed by atoms with Crippen LogP contribution in [0.4, 0.5) is 0 Å². The van der Waals surface area contributed by atoms with Crippen LogP contribution in [0.2, 0.25) is 0 Å². The summed E-state index contributed by atoms with van der Waals surface area (Å²) in [7, 11) is 0. The van der Waals surface area contributed by atoms with Gasteiger partial charge in [0.1, 0.15) is 0 Å². The van der Waals surface area contributed by atoms with Gasteiger partial charge in [-0.15, -0.1) is 0 Å². The Morgan fingerprint density at radius 1 is 0.926 bits per heavy atom. The van der Waals surface area contributed by atoms with Crippen LogP contribution >= 0.6 is 0 Å². The molecular weight excluding hydrogens is 340 g/mol. The van der Waals surface area contributed by atoms with Crippen molar-refractivity contribution in [2.75, 3.05) is 0 Å². The zero-order valence-electron chi connectivity index (χ0n) is 18.3. The lowest BCUT2D eigenvalue weighted by Gasteiger charge is -2.33. The van der Waals surface area contributed by atoms with Crippen molar-refractivity contribution in [2.24, 2.45) is 22.8 Å². The number of aliphatic hydroxyl groups excluding tert-OH is 1. The second kappa shape index (κ2) is 14.4. The molecule has 0 saturated heterocycles. The highest BCUT2D eigenvalue weighted by molar-refractivity contribution is 5.74. The monoisotopic (exact) mass is 386 g/mol. The molecule has 0 aliphatic rings. The molecule has 0 radical (unpaired) electrons. The first-order valence-electron chi connectivity index (χ1n) is 11.1. The standard InChI is InChI=1S/C22H46N2O3/c1-5-6-7-8-9-10-14-18(22(3,4)21(26)27)16-20(25)19(24)15-12-11-13-17(2)23/h17-20,25H,5-16,23-24H2,1-4H3,(H,26,27). The van der Waals surface area contributed by atoms with Crippen molar-refractivity contribution >= 4 is 5.97 Å². The Hall–Kier alpha value is -0.650. The zero-order chi connectivity index (χ0) is 20.9. The third kappa shape index (κ3) is 11.7. The van der Waals surface area contributed by atoms with E-state index in [1.54, 1.807) is 13.8 Å². The third-order valence-electron chi connectivity index (χ3n) is 5.95. The largest absolute Gasteiger partial charge is 0.481 e. The molecule has 5 heteroatoms. The Balaban J connectivity index is 4.53. The van der Waals surface area contributed by atoms with Gasteiger partial charge in [0.2, 0.25) is 0 Å². The van der Waals surface area contributed by atoms with Crippen LogP contribution in [0.1, 0.15) is 105 Å². The van der Waals surface area contributed by atoms with Gasteiger partial charge in [-0.2, -0.15) is 0 Å². The molecule has 4 unspecified atom stereocenters. The van der Waals surface area contributed by atoms with Gasteiger partial charge in [-0.3, -0.25) is 4.79 Å². The summed E-state index contributed by atoms with van der Waals surface area (Å²) < 4.78 is 0. The normalized spacial score (nSPS) is 16.7. The van der Waals surface area contributed by atoms with Crippen LogP contribution in [0, 0.1) is 11.3 Å². The number of nitrogens with two attached hydrogens (primary N) is 2. The maximum absolute atomic E-state index is 11.7. The highest BCUT2D eigenvalue weighted by Gasteiger charge is 2.38. The highest BCUT2D eigenvalue weighted by Crippen LogP contribution is 2.35. The van der Waals surface area contributed by atoms with Crippen LogP contribution in [-0.2, 0) is 4.79 Å². The van der Waals surface area contributed by atoms with Crippen LogP contribution in [-0.4, -0.2) is 34.4 Å². The molecule has 0 bridgehead atoms. The summed E-state index contributed by atoms with van der Waals surface area (Å²) in [6.07, 6.45) is 11.4. The Bertz CT molecular complexity index is 386. The number of hydrogen-bond acceptors (Lipinski definition) is 4. The molecule has 0 fully saturated rings. The van der Waals surface area contributed by atoms with Gasteiger partial charge in [0.05, 0.1) is 11.5 Å². The minimum absolute atomic E-state index is 0.0636. The molecule has 0 spiro atoms. The van der Waals surface area contributed by atoms with Gasteiger partial charge in [-0.25, -0.2) is 0 Å². The fraction of sp³-hybridized carbons (Fsp3) is 0.955. The first kappa shape index (κ1) is 26.4. The minimum Gasteiger partial charge on any atom is -0.481 e. The second-order valence-electron chi connectivity index (χ2n) is 9.01. The summed E-state index contributed by atoms with van der Waals surface area (Å²) >= 11 is 0. The van der Waals surface area contributed by atoms with Gasteiger partial charge < -0.3 is 21.7 Å². The summed E-state index contributed by atoms with van der Waals surface area (Å²) in [6.45, 7) is 7.75. The fourth-order valence-electron chi connectivity index (χ4n) is 3.62. The van der Waals surface area contributed by atoms with Gasteiger partial charge in [-0.1, -0.05) is 58.3 Å². The summed E-state index contributed by atoms with van der Waals surface area (Å²) in [5.74, 6) is -0.859. The lowest BCUT2D eigenvalue weighted by Crippen LogP contribution is -2.41. The van der Waals surface area contributed by atoms with E-state index in [4.69, 9.17) is 11.5 Å². The molecule has 5 nitrogen and oxygen atoms in total. The van der Waals surface area contributed by atoms with E-state index < -0.39 is 17.5 Å². The van der Waals surface area contributed by atoms with Gasteiger partial charge in [0.15, 0.2) is 0 Å². The molecule has 0 aliphatic heterocycles. The van der Waals surface area contributed by atoms with Gasteiger partial charge in [-0.05, 0) is 52.4 Å². The maximum atomic E-state index is 11.7. The third-order valence-corrected chi connectivity index (χ3v) is 5.95. The van der Waals surface area contributed by atoms with Crippen LogP contribution in [0.5, 0.6) is 0 Å². The molecule has 0 aliphatic carbocycles. The molecule has 162 valence electrons. The van der Waals surface area contributed by atoms with Gasteiger partial charge >= 0.3 is 5.97 Å². The molecule has 0 heterocycles. The van der Waals surface area contributed by atoms with Crippen molar-refractivity contribution in [3.8, 4) is 0 Å².